The average Bonchev–Trinajstić information content (AvgIpc) is 3.51. The first-order valence-corrected chi connectivity index (χ1v) is 8.09. The Balaban J connectivity index is 1.54. The fourth-order valence-electron chi connectivity index (χ4n) is 2.03. The number of aromatic nitrogens is 2. The summed E-state index contributed by atoms with van der Waals surface area (Å²) in [5.41, 5.74) is 0.894. The van der Waals surface area contributed by atoms with E-state index < -0.39 is 0 Å². The van der Waals surface area contributed by atoms with E-state index in [0.29, 0.717) is 30.9 Å². The minimum Gasteiger partial charge on any atom is -0.498 e. The Labute approximate surface area is 141 Å². The Bertz CT molecular complexity index is 620. The van der Waals surface area contributed by atoms with Gasteiger partial charge in [0.25, 0.3) is 0 Å². The summed E-state index contributed by atoms with van der Waals surface area (Å²) in [7, 11) is 0. The summed E-state index contributed by atoms with van der Waals surface area (Å²) in [4.78, 5) is 8.70. The Kier molecular flexibility index (Phi) is 5.61. The SMILES string of the molecule is C\C=C/C(=C\C=C\OCC1OC1C)c1ncc(OCC2CO2)cn1. The minimum absolute atomic E-state index is 0.220. The van der Waals surface area contributed by atoms with Gasteiger partial charge < -0.3 is 18.9 Å². The molecule has 3 unspecified atom stereocenters. The second kappa shape index (κ2) is 8.08. The molecule has 6 heteroatoms. The van der Waals surface area contributed by atoms with Gasteiger partial charge in [0.05, 0.1) is 31.4 Å². The molecule has 128 valence electrons. The normalized spacial score (nSPS) is 26.1. The zero-order valence-corrected chi connectivity index (χ0v) is 13.9. The monoisotopic (exact) mass is 330 g/mol. The lowest BCUT2D eigenvalue weighted by Gasteiger charge is -2.04. The summed E-state index contributed by atoms with van der Waals surface area (Å²) in [5, 5.41) is 0. The maximum absolute atomic E-state index is 5.54. The van der Waals surface area contributed by atoms with Crippen molar-refractivity contribution >= 4 is 5.57 Å². The van der Waals surface area contributed by atoms with E-state index in [-0.39, 0.29) is 12.2 Å². The average molecular weight is 330 g/mol. The number of ether oxygens (including phenoxy) is 4. The lowest BCUT2D eigenvalue weighted by molar-refractivity contribution is 0.212. The molecule has 0 radical (unpaired) electrons. The molecule has 2 fully saturated rings. The molecule has 24 heavy (non-hydrogen) atoms. The minimum atomic E-state index is 0.220. The van der Waals surface area contributed by atoms with Crippen molar-refractivity contribution < 1.29 is 18.9 Å². The molecular formula is C18H22N2O4. The van der Waals surface area contributed by atoms with Crippen LogP contribution in [0.15, 0.2) is 43.0 Å². The molecule has 0 aliphatic carbocycles. The van der Waals surface area contributed by atoms with E-state index in [0.717, 1.165) is 12.2 Å². The van der Waals surface area contributed by atoms with Crippen LogP contribution in [0, 0.1) is 0 Å². The van der Waals surface area contributed by atoms with Gasteiger partial charge in [0.15, 0.2) is 11.6 Å². The third-order valence-electron chi connectivity index (χ3n) is 3.62. The molecule has 0 N–H and O–H groups in total. The van der Waals surface area contributed by atoms with Crippen molar-refractivity contribution in [2.75, 3.05) is 19.8 Å². The van der Waals surface area contributed by atoms with Gasteiger partial charge in [0.1, 0.15) is 25.4 Å². The molecule has 1 aromatic rings. The maximum atomic E-state index is 5.54. The molecular weight excluding hydrogens is 308 g/mol. The Morgan fingerprint density at radius 3 is 2.71 bits per heavy atom. The van der Waals surface area contributed by atoms with E-state index in [4.69, 9.17) is 18.9 Å². The van der Waals surface area contributed by atoms with E-state index in [2.05, 4.69) is 9.97 Å². The molecule has 3 heterocycles. The zero-order valence-electron chi connectivity index (χ0n) is 13.9. The van der Waals surface area contributed by atoms with E-state index in [1.54, 1.807) is 18.7 Å². The first kappa shape index (κ1) is 16.7. The highest BCUT2D eigenvalue weighted by atomic mass is 16.6. The first-order valence-electron chi connectivity index (χ1n) is 8.09. The van der Waals surface area contributed by atoms with E-state index >= 15 is 0 Å². The van der Waals surface area contributed by atoms with Crippen molar-refractivity contribution in [1.29, 1.82) is 0 Å². The van der Waals surface area contributed by atoms with Crippen molar-refractivity contribution in [2.24, 2.45) is 0 Å². The second-order valence-corrected chi connectivity index (χ2v) is 5.67. The van der Waals surface area contributed by atoms with E-state index in [9.17, 15) is 0 Å². The van der Waals surface area contributed by atoms with Gasteiger partial charge in [-0.15, -0.1) is 0 Å². The molecule has 0 spiro atoms. The van der Waals surface area contributed by atoms with Crippen LogP contribution in [0.4, 0.5) is 0 Å². The summed E-state index contributed by atoms with van der Waals surface area (Å²) >= 11 is 0. The fraction of sp³-hybridized carbons (Fsp3) is 0.444. The highest BCUT2D eigenvalue weighted by Gasteiger charge is 2.34. The van der Waals surface area contributed by atoms with Crippen LogP contribution >= 0.6 is 0 Å². The third-order valence-corrected chi connectivity index (χ3v) is 3.62. The van der Waals surface area contributed by atoms with Crippen molar-refractivity contribution in [3.63, 3.8) is 0 Å². The molecule has 0 amide bonds. The number of nitrogens with zero attached hydrogens (tertiary/aromatic N) is 2. The molecule has 2 aliphatic rings. The van der Waals surface area contributed by atoms with Crippen LogP contribution < -0.4 is 4.74 Å². The van der Waals surface area contributed by atoms with Gasteiger partial charge >= 0.3 is 0 Å². The van der Waals surface area contributed by atoms with Gasteiger partial charge in [-0.05, 0) is 26.0 Å². The molecule has 2 saturated heterocycles. The smallest absolute Gasteiger partial charge is 0.159 e. The molecule has 2 aliphatic heterocycles. The van der Waals surface area contributed by atoms with Crippen LogP contribution in [0.3, 0.4) is 0 Å². The molecule has 1 aromatic heterocycles. The maximum Gasteiger partial charge on any atom is 0.159 e. The number of rotatable bonds is 9. The van der Waals surface area contributed by atoms with Crippen LogP contribution in [-0.4, -0.2) is 48.1 Å². The van der Waals surface area contributed by atoms with Crippen molar-refractivity contribution in [1.82, 2.24) is 9.97 Å². The topological polar surface area (TPSA) is 69.3 Å². The van der Waals surface area contributed by atoms with E-state index in [1.165, 1.54) is 0 Å². The van der Waals surface area contributed by atoms with E-state index in [1.807, 2.05) is 38.2 Å². The lowest BCUT2D eigenvalue weighted by atomic mass is 10.2. The highest BCUT2D eigenvalue weighted by Crippen LogP contribution is 2.21. The van der Waals surface area contributed by atoms with Crippen molar-refractivity contribution in [2.45, 2.75) is 32.2 Å². The molecule has 0 saturated carbocycles. The number of allylic oxidation sites excluding steroid dienone is 5. The van der Waals surface area contributed by atoms with Gasteiger partial charge in [0.2, 0.25) is 0 Å². The van der Waals surface area contributed by atoms with Crippen molar-refractivity contribution in [3.05, 3.63) is 48.8 Å². The second-order valence-electron chi connectivity index (χ2n) is 5.67. The number of hydrogen-bond donors (Lipinski definition) is 0. The fourth-order valence-corrected chi connectivity index (χ4v) is 2.03. The van der Waals surface area contributed by atoms with Gasteiger partial charge in [0, 0.05) is 5.57 Å². The number of hydrogen-bond acceptors (Lipinski definition) is 6. The third kappa shape index (κ3) is 5.18. The standard InChI is InChI=1S/C18H22N2O4/c1-3-5-14(6-4-7-21-12-17-13(2)24-17)18-19-8-15(9-20-18)22-10-16-11-23-16/h3-9,13,16-17H,10-12H2,1-2H3/b5-3-,7-4+,14-6+. The molecule has 6 nitrogen and oxygen atoms in total. The predicted octanol–water partition coefficient (Wildman–Crippen LogP) is 2.53. The number of epoxide rings is 2. The molecule has 0 aromatic carbocycles. The molecule has 0 bridgehead atoms. The predicted molar refractivity (Wildman–Crippen MR) is 89.5 cm³/mol. The lowest BCUT2D eigenvalue weighted by Crippen LogP contribution is -2.05. The van der Waals surface area contributed by atoms with Crippen LogP contribution in [0.2, 0.25) is 0 Å². The van der Waals surface area contributed by atoms with Crippen LogP contribution in [0.25, 0.3) is 5.57 Å². The van der Waals surface area contributed by atoms with Gasteiger partial charge in [-0.1, -0.05) is 12.2 Å². The summed E-state index contributed by atoms with van der Waals surface area (Å²) in [6.07, 6.45) is 13.4. The Morgan fingerprint density at radius 2 is 2.08 bits per heavy atom. The summed E-state index contributed by atoms with van der Waals surface area (Å²) in [6, 6.07) is 0. The summed E-state index contributed by atoms with van der Waals surface area (Å²) in [5.74, 6) is 1.28. The Morgan fingerprint density at radius 1 is 1.33 bits per heavy atom. The summed E-state index contributed by atoms with van der Waals surface area (Å²) < 4.78 is 21.3. The van der Waals surface area contributed by atoms with Crippen molar-refractivity contribution in [3.8, 4) is 5.75 Å². The molecule has 3 rings (SSSR count). The van der Waals surface area contributed by atoms with Crippen LogP contribution in [0.1, 0.15) is 19.7 Å². The van der Waals surface area contributed by atoms with Gasteiger partial charge in [-0.25, -0.2) is 9.97 Å². The highest BCUT2D eigenvalue weighted by molar-refractivity contribution is 5.70. The zero-order chi connectivity index (χ0) is 16.8. The first-order chi connectivity index (χ1) is 11.8. The van der Waals surface area contributed by atoms with Gasteiger partial charge in [-0.3, -0.25) is 0 Å². The largest absolute Gasteiger partial charge is 0.498 e. The summed E-state index contributed by atoms with van der Waals surface area (Å²) in [6.45, 7) is 5.88. The van der Waals surface area contributed by atoms with Crippen LogP contribution in [-0.2, 0) is 14.2 Å². The Hall–Kier alpha value is -2.18. The molecule has 3 atom stereocenters. The van der Waals surface area contributed by atoms with Gasteiger partial charge in [-0.2, -0.15) is 0 Å². The quantitative estimate of drug-likeness (QED) is 0.394. The van der Waals surface area contributed by atoms with Crippen LogP contribution in [0.5, 0.6) is 5.75 Å².